The SMILES string of the molecule is COC(=O)c1ncc(Cl)cc1B1OC(C)(C)C(C)(C)O1. The molecule has 0 radical (unpaired) electrons. The summed E-state index contributed by atoms with van der Waals surface area (Å²) in [6.07, 6.45) is 1.39. The number of aromatic nitrogens is 1. The molecule has 0 aliphatic carbocycles. The van der Waals surface area contributed by atoms with Gasteiger partial charge in [-0.15, -0.1) is 0 Å². The predicted molar refractivity (Wildman–Crippen MR) is 76.3 cm³/mol. The van der Waals surface area contributed by atoms with Gasteiger partial charge in [0.1, 0.15) is 5.69 Å². The van der Waals surface area contributed by atoms with Gasteiger partial charge in [0.2, 0.25) is 0 Å². The Bertz CT molecular complexity index is 531. The number of hydrogen-bond donors (Lipinski definition) is 0. The number of carbonyl (C=O) groups is 1. The van der Waals surface area contributed by atoms with Crippen LogP contribution in [0.15, 0.2) is 12.3 Å². The number of esters is 1. The van der Waals surface area contributed by atoms with E-state index in [0.717, 1.165) is 0 Å². The Kier molecular flexibility index (Phi) is 3.84. The Hall–Kier alpha value is -1.11. The molecule has 0 bridgehead atoms. The van der Waals surface area contributed by atoms with Crippen LogP contribution in [0.25, 0.3) is 0 Å². The summed E-state index contributed by atoms with van der Waals surface area (Å²) in [6, 6.07) is 1.61. The highest BCUT2D eigenvalue weighted by Gasteiger charge is 2.52. The topological polar surface area (TPSA) is 57.7 Å². The fraction of sp³-hybridized carbons (Fsp3) is 0.538. The molecule has 0 aromatic carbocycles. The molecule has 1 saturated heterocycles. The molecule has 2 heterocycles. The molecule has 1 aliphatic rings. The van der Waals surface area contributed by atoms with Crippen LogP contribution in [0, 0.1) is 0 Å². The molecule has 0 N–H and O–H groups in total. The highest BCUT2D eigenvalue weighted by Crippen LogP contribution is 2.36. The number of methoxy groups -OCH3 is 1. The minimum atomic E-state index is -0.708. The maximum atomic E-state index is 11.8. The van der Waals surface area contributed by atoms with Crippen LogP contribution < -0.4 is 5.46 Å². The molecule has 2 rings (SSSR count). The Morgan fingerprint density at radius 3 is 2.35 bits per heavy atom. The third kappa shape index (κ3) is 2.55. The van der Waals surface area contributed by atoms with Gasteiger partial charge in [0.05, 0.1) is 23.3 Å². The van der Waals surface area contributed by atoms with Crippen molar-refractivity contribution >= 4 is 30.2 Å². The van der Waals surface area contributed by atoms with Gasteiger partial charge in [0.15, 0.2) is 0 Å². The smallest absolute Gasteiger partial charge is 0.464 e. The Labute approximate surface area is 123 Å². The molecule has 20 heavy (non-hydrogen) atoms. The number of carbonyl (C=O) groups excluding carboxylic acids is 1. The maximum absolute atomic E-state index is 11.8. The van der Waals surface area contributed by atoms with Crippen LogP contribution in [-0.2, 0) is 14.0 Å². The largest absolute Gasteiger partial charge is 0.497 e. The number of nitrogens with zero attached hydrogens (tertiary/aromatic N) is 1. The molecule has 1 aliphatic heterocycles. The molecule has 108 valence electrons. The average molecular weight is 298 g/mol. The van der Waals surface area contributed by atoms with Gasteiger partial charge >= 0.3 is 13.1 Å². The molecular formula is C13H17BClNO4. The van der Waals surface area contributed by atoms with Crippen LogP contribution >= 0.6 is 11.6 Å². The molecule has 0 saturated carbocycles. The quantitative estimate of drug-likeness (QED) is 0.615. The summed E-state index contributed by atoms with van der Waals surface area (Å²) < 4.78 is 16.5. The number of rotatable bonds is 2. The van der Waals surface area contributed by atoms with E-state index in [9.17, 15) is 4.79 Å². The van der Waals surface area contributed by atoms with Gasteiger partial charge in [-0.3, -0.25) is 0 Å². The molecule has 0 amide bonds. The average Bonchev–Trinajstić information content (AvgIpc) is 2.57. The van der Waals surface area contributed by atoms with Crippen molar-refractivity contribution < 1.29 is 18.8 Å². The molecule has 5 nitrogen and oxygen atoms in total. The van der Waals surface area contributed by atoms with Crippen LogP contribution in [0.1, 0.15) is 38.2 Å². The van der Waals surface area contributed by atoms with Crippen molar-refractivity contribution in [3.8, 4) is 0 Å². The van der Waals surface area contributed by atoms with Gasteiger partial charge in [-0.05, 0) is 33.8 Å². The number of halogens is 1. The highest BCUT2D eigenvalue weighted by molar-refractivity contribution is 6.63. The summed E-state index contributed by atoms with van der Waals surface area (Å²) >= 11 is 5.96. The molecule has 0 atom stereocenters. The van der Waals surface area contributed by atoms with Crippen molar-refractivity contribution in [1.82, 2.24) is 4.98 Å². The highest BCUT2D eigenvalue weighted by atomic mass is 35.5. The van der Waals surface area contributed by atoms with Crippen molar-refractivity contribution in [3.63, 3.8) is 0 Å². The van der Waals surface area contributed by atoms with Crippen LogP contribution in [0.5, 0.6) is 0 Å². The summed E-state index contributed by atoms with van der Waals surface area (Å²) in [6.45, 7) is 7.73. The van der Waals surface area contributed by atoms with Gasteiger partial charge in [-0.2, -0.15) is 0 Å². The van der Waals surface area contributed by atoms with Crippen molar-refractivity contribution in [3.05, 3.63) is 23.0 Å². The van der Waals surface area contributed by atoms with Crippen LogP contribution in [-0.4, -0.2) is 36.4 Å². The normalized spacial score (nSPS) is 20.0. The predicted octanol–water partition coefficient (Wildman–Crippen LogP) is 1.82. The zero-order valence-corrected chi connectivity index (χ0v) is 12.9. The van der Waals surface area contributed by atoms with E-state index in [-0.39, 0.29) is 5.69 Å². The molecule has 7 heteroatoms. The number of ether oxygens (including phenoxy) is 1. The first kappa shape index (κ1) is 15.3. The number of hydrogen-bond acceptors (Lipinski definition) is 5. The lowest BCUT2D eigenvalue weighted by molar-refractivity contribution is 0.00578. The fourth-order valence-electron chi connectivity index (χ4n) is 1.87. The van der Waals surface area contributed by atoms with E-state index >= 15 is 0 Å². The van der Waals surface area contributed by atoms with Crippen LogP contribution in [0.2, 0.25) is 5.02 Å². The van der Waals surface area contributed by atoms with E-state index in [1.54, 1.807) is 6.07 Å². The van der Waals surface area contributed by atoms with Gasteiger partial charge < -0.3 is 14.0 Å². The summed E-state index contributed by atoms with van der Waals surface area (Å²) in [5.41, 5.74) is -0.390. The standard InChI is InChI=1S/C13H17BClNO4/c1-12(2)13(3,4)20-14(19-12)9-6-8(15)7-16-10(9)11(17)18-5/h6-7H,1-5H3. The lowest BCUT2D eigenvalue weighted by Gasteiger charge is -2.32. The van der Waals surface area contributed by atoms with E-state index in [0.29, 0.717) is 10.5 Å². The molecule has 1 aromatic rings. The number of pyridine rings is 1. The monoisotopic (exact) mass is 297 g/mol. The van der Waals surface area contributed by atoms with Gasteiger partial charge in [0, 0.05) is 11.7 Å². The lowest BCUT2D eigenvalue weighted by atomic mass is 9.78. The summed E-state index contributed by atoms with van der Waals surface area (Å²) in [5.74, 6) is -0.550. The molecule has 0 spiro atoms. The van der Waals surface area contributed by atoms with Crippen molar-refractivity contribution in [1.29, 1.82) is 0 Å². The van der Waals surface area contributed by atoms with E-state index < -0.39 is 24.3 Å². The van der Waals surface area contributed by atoms with Gasteiger partial charge in [-0.1, -0.05) is 11.6 Å². The van der Waals surface area contributed by atoms with E-state index in [1.807, 2.05) is 27.7 Å². The van der Waals surface area contributed by atoms with Gasteiger partial charge in [0.25, 0.3) is 0 Å². The second-order valence-electron chi connectivity index (χ2n) is 5.67. The lowest BCUT2D eigenvalue weighted by Crippen LogP contribution is -2.41. The summed E-state index contributed by atoms with van der Waals surface area (Å²) in [5, 5.41) is 0.405. The second kappa shape index (κ2) is 5.02. The van der Waals surface area contributed by atoms with Crippen molar-refractivity contribution in [2.45, 2.75) is 38.9 Å². The van der Waals surface area contributed by atoms with E-state index in [4.69, 9.17) is 25.6 Å². The van der Waals surface area contributed by atoms with Crippen LogP contribution in [0.3, 0.4) is 0 Å². The third-order valence-electron chi connectivity index (χ3n) is 3.77. The first-order valence-corrected chi connectivity index (χ1v) is 6.65. The molecule has 1 fully saturated rings. The molecule has 0 unspecified atom stereocenters. The Morgan fingerprint density at radius 2 is 1.85 bits per heavy atom. The first-order chi connectivity index (χ1) is 9.18. The zero-order valence-electron chi connectivity index (χ0n) is 12.2. The van der Waals surface area contributed by atoms with E-state index in [2.05, 4.69) is 4.98 Å². The van der Waals surface area contributed by atoms with Crippen molar-refractivity contribution in [2.24, 2.45) is 0 Å². The molecular weight excluding hydrogens is 280 g/mol. The zero-order chi connectivity index (χ0) is 15.1. The Morgan fingerprint density at radius 1 is 1.30 bits per heavy atom. The Balaban J connectivity index is 2.44. The van der Waals surface area contributed by atoms with Crippen molar-refractivity contribution in [2.75, 3.05) is 7.11 Å². The maximum Gasteiger partial charge on any atom is 0.497 e. The minimum absolute atomic E-state index is 0.149. The van der Waals surface area contributed by atoms with Crippen LogP contribution in [0.4, 0.5) is 0 Å². The third-order valence-corrected chi connectivity index (χ3v) is 3.98. The summed E-state index contributed by atoms with van der Waals surface area (Å²) in [7, 11) is 0.590. The molecule has 1 aromatic heterocycles. The first-order valence-electron chi connectivity index (χ1n) is 6.27. The fourth-order valence-corrected chi connectivity index (χ4v) is 2.04. The van der Waals surface area contributed by atoms with E-state index in [1.165, 1.54) is 13.3 Å². The summed E-state index contributed by atoms with van der Waals surface area (Å²) in [4.78, 5) is 15.8. The minimum Gasteiger partial charge on any atom is -0.464 e. The van der Waals surface area contributed by atoms with Gasteiger partial charge in [-0.25, -0.2) is 9.78 Å². The second-order valence-corrected chi connectivity index (χ2v) is 6.11.